The number of terminal acetylenes is 1. The second kappa shape index (κ2) is 12.2. The lowest BCUT2D eigenvalue weighted by molar-refractivity contribution is -0.137. The normalized spacial score (nSPS) is 16.5. The van der Waals surface area contributed by atoms with E-state index < -0.39 is 6.10 Å². The van der Waals surface area contributed by atoms with E-state index in [0.29, 0.717) is 19.7 Å². The number of hydrogen-bond donors (Lipinski definition) is 1. The second-order valence-electron chi connectivity index (χ2n) is 8.67. The number of nitrogens with zero attached hydrogens (tertiary/aromatic N) is 2. The third kappa shape index (κ3) is 7.05. The van der Waals surface area contributed by atoms with Crippen molar-refractivity contribution in [2.24, 2.45) is 0 Å². The van der Waals surface area contributed by atoms with Crippen LogP contribution >= 0.6 is 11.3 Å². The topological polar surface area (TPSA) is 62.2 Å². The Morgan fingerprint density at radius 2 is 2.09 bits per heavy atom. The summed E-state index contributed by atoms with van der Waals surface area (Å²) in [5.74, 6) is 3.23. The highest BCUT2D eigenvalue weighted by Crippen LogP contribution is 2.34. The lowest BCUT2D eigenvalue weighted by Gasteiger charge is -2.38. The fraction of sp³-hybridized carbons (Fsp3) is 0.500. The van der Waals surface area contributed by atoms with Crippen molar-refractivity contribution in [2.75, 3.05) is 39.5 Å². The molecule has 1 amide bonds. The highest BCUT2D eigenvalue weighted by Gasteiger charge is 2.33. The molecular formula is C26H34N2O4S. The van der Waals surface area contributed by atoms with Gasteiger partial charge < -0.3 is 19.5 Å². The lowest BCUT2D eigenvalue weighted by Crippen LogP contribution is -2.49. The number of ether oxygens (including phenoxy) is 2. The number of carbonyl (C=O) groups excluding carboxylic acids is 1. The van der Waals surface area contributed by atoms with Crippen molar-refractivity contribution in [1.82, 2.24) is 9.80 Å². The van der Waals surface area contributed by atoms with E-state index in [2.05, 4.69) is 17.4 Å². The van der Waals surface area contributed by atoms with Gasteiger partial charge in [0.1, 0.15) is 19.0 Å². The number of aryl methyl sites for hydroxylation is 1. The Morgan fingerprint density at radius 3 is 2.79 bits per heavy atom. The summed E-state index contributed by atoms with van der Waals surface area (Å²) in [4.78, 5) is 18.7. The summed E-state index contributed by atoms with van der Waals surface area (Å²) in [6.07, 6.45) is 5.34. The van der Waals surface area contributed by atoms with Gasteiger partial charge in [-0.3, -0.25) is 9.69 Å². The molecule has 0 fully saturated rings. The van der Waals surface area contributed by atoms with E-state index >= 15 is 0 Å². The zero-order valence-corrected chi connectivity index (χ0v) is 20.5. The third-order valence-electron chi connectivity index (χ3n) is 5.85. The molecule has 1 aromatic carbocycles. The molecule has 1 N–H and O–H groups in total. The Morgan fingerprint density at radius 1 is 1.33 bits per heavy atom. The van der Waals surface area contributed by atoms with Crippen LogP contribution in [0.4, 0.5) is 0 Å². The molecule has 1 aliphatic heterocycles. The minimum atomic E-state index is -0.709. The van der Waals surface area contributed by atoms with Gasteiger partial charge in [-0.1, -0.05) is 23.6 Å². The second-order valence-corrected chi connectivity index (χ2v) is 9.67. The average molecular weight is 471 g/mol. The van der Waals surface area contributed by atoms with Crippen LogP contribution in [0.15, 0.2) is 35.7 Å². The molecule has 0 unspecified atom stereocenters. The number of hydrogen-bond acceptors (Lipinski definition) is 6. The molecule has 2 atom stereocenters. The predicted molar refractivity (Wildman–Crippen MR) is 132 cm³/mol. The Hall–Kier alpha value is -2.37. The first-order valence-electron chi connectivity index (χ1n) is 11.4. The Bertz CT molecular complexity index is 935. The summed E-state index contributed by atoms with van der Waals surface area (Å²) in [6.45, 7) is 8.04. The maximum absolute atomic E-state index is 13.4. The quantitative estimate of drug-likeness (QED) is 0.403. The summed E-state index contributed by atoms with van der Waals surface area (Å²) in [5.41, 5.74) is 2.35. The predicted octanol–water partition coefficient (Wildman–Crippen LogP) is 3.28. The fourth-order valence-electron chi connectivity index (χ4n) is 3.98. The highest BCUT2D eigenvalue weighted by molar-refractivity contribution is 7.10. The largest absolute Gasteiger partial charge is 0.491 e. The molecule has 2 aromatic rings. The molecule has 1 aliphatic rings. The van der Waals surface area contributed by atoms with E-state index in [0.717, 1.165) is 12.2 Å². The number of fused-ring (bicyclic) bond motifs is 1. The van der Waals surface area contributed by atoms with Crippen LogP contribution in [-0.2, 0) is 16.0 Å². The number of thiophene rings is 1. The van der Waals surface area contributed by atoms with E-state index in [1.807, 2.05) is 54.8 Å². The maximum Gasteiger partial charge on any atom is 0.237 e. The average Bonchev–Trinajstić information content (AvgIpc) is 3.27. The van der Waals surface area contributed by atoms with Gasteiger partial charge in [0.2, 0.25) is 5.91 Å². The Kier molecular flexibility index (Phi) is 9.33. The molecule has 1 aromatic heterocycles. The van der Waals surface area contributed by atoms with Crippen LogP contribution < -0.4 is 4.74 Å². The van der Waals surface area contributed by atoms with Crippen molar-refractivity contribution in [3.05, 3.63) is 51.7 Å². The van der Waals surface area contributed by atoms with Crippen LogP contribution in [0.2, 0.25) is 0 Å². The molecule has 2 heterocycles. The van der Waals surface area contributed by atoms with Gasteiger partial charge in [0.15, 0.2) is 0 Å². The number of benzene rings is 1. The van der Waals surface area contributed by atoms with Crippen molar-refractivity contribution in [3.63, 3.8) is 0 Å². The first-order valence-corrected chi connectivity index (χ1v) is 12.3. The van der Waals surface area contributed by atoms with Crippen LogP contribution in [0.5, 0.6) is 5.75 Å². The van der Waals surface area contributed by atoms with Crippen LogP contribution in [0.1, 0.15) is 35.9 Å². The van der Waals surface area contributed by atoms with Gasteiger partial charge in [-0.2, -0.15) is 0 Å². The first-order chi connectivity index (χ1) is 15.9. The van der Waals surface area contributed by atoms with E-state index in [1.54, 1.807) is 11.3 Å². The molecule has 0 aliphatic carbocycles. The number of amides is 1. The maximum atomic E-state index is 13.4. The smallest absolute Gasteiger partial charge is 0.237 e. The SMILES string of the molecule is C#CCOC[C@@H](O)CN(CC(=O)N1CCc2sccc2[C@H]1COc1ccc(C)cc1)C(C)C. The molecule has 0 radical (unpaired) electrons. The third-order valence-corrected chi connectivity index (χ3v) is 6.85. The molecule has 3 rings (SSSR count). The number of aliphatic hydroxyl groups is 1. The standard InChI is InChI=1S/C26H34N2O4S/c1-5-13-31-17-21(29)15-27(19(2)3)16-26(30)28-12-10-25-23(11-14-33-25)24(28)18-32-22-8-6-20(4)7-9-22/h1,6-9,11,14,19,21,24,29H,10,12-13,15-18H2,2-4H3/t21-,24+/m0/s1. The Labute approximate surface area is 201 Å². The van der Waals surface area contributed by atoms with Crippen LogP contribution in [0.25, 0.3) is 0 Å². The first kappa shape index (κ1) is 25.3. The monoisotopic (exact) mass is 470 g/mol. The van der Waals surface area contributed by atoms with E-state index in [-0.39, 0.29) is 37.7 Å². The minimum Gasteiger partial charge on any atom is -0.491 e. The van der Waals surface area contributed by atoms with Crippen molar-refractivity contribution in [3.8, 4) is 18.1 Å². The molecule has 0 spiro atoms. The van der Waals surface area contributed by atoms with Crippen LogP contribution in [0.3, 0.4) is 0 Å². The van der Waals surface area contributed by atoms with Gasteiger partial charge in [0.25, 0.3) is 0 Å². The van der Waals surface area contributed by atoms with Gasteiger partial charge in [-0.15, -0.1) is 17.8 Å². The molecule has 0 saturated heterocycles. The van der Waals surface area contributed by atoms with E-state index in [1.165, 1.54) is 16.0 Å². The molecule has 0 saturated carbocycles. The van der Waals surface area contributed by atoms with Gasteiger partial charge in [0.05, 0.1) is 25.3 Å². The molecule has 33 heavy (non-hydrogen) atoms. The van der Waals surface area contributed by atoms with E-state index in [4.69, 9.17) is 15.9 Å². The number of rotatable bonds is 11. The molecule has 0 bridgehead atoms. The number of carbonyl (C=O) groups is 1. The summed E-state index contributed by atoms with van der Waals surface area (Å²) < 4.78 is 11.4. The summed E-state index contributed by atoms with van der Waals surface area (Å²) in [5, 5.41) is 12.4. The molecule has 178 valence electrons. The summed E-state index contributed by atoms with van der Waals surface area (Å²) >= 11 is 1.74. The van der Waals surface area contributed by atoms with Crippen LogP contribution in [0, 0.1) is 19.3 Å². The van der Waals surface area contributed by atoms with Crippen molar-refractivity contribution in [1.29, 1.82) is 0 Å². The van der Waals surface area contributed by atoms with Gasteiger partial charge >= 0.3 is 0 Å². The van der Waals surface area contributed by atoms with Gasteiger partial charge in [0, 0.05) is 24.0 Å². The molecule has 7 heteroatoms. The molecule has 6 nitrogen and oxygen atoms in total. The summed E-state index contributed by atoms with van der Waals surface area (Å²) in [6, 6.07) is 10.0. The van der Waals surface area contributed by atoms with Crippen molar-refractivity contribution in [2.45, 2.75) is 45.4 Å². The van der Waals surface area contributed by atoms with Gasteiger partial charge in [-0.25, -0.2) is 0 Å². The van der Waals surface area contributed by atoms with Crippen molar-refractivity contribution >= 4 is 17.2 Å². The lowest BCUT2D eigenvalue weighted by atomic mass is 10.00. The van der Waals surface area contributed by atoms with Crippen LogP contribution in [-0.4, -0.2) is 72.4 Å². The summed E-state index contributed by atoms with van der Waals surface area (Å²) in [7, 11) is 0. The van der Waals surface area contributed by atoms with Crippen molar-refractivity contribution < 1.29 is 19.4 Å². The van der Waals surface area contributed by atoms with E-state index in [9.17, 15) is 9.90 Å². The molecular weight excluding hydrogens is 436 g/mol. The Balaban J connectivity index is 1.68. The number of aliphatic hydroxyl groups excluding tert-OH is 1. The fourth-order valence-corrected chi connectivity index (χ4v) is 4.91. The zero-order chi connectivity index (χ0) is 23.8. The minimum absolute atomic E-state index is 0.0369. The zero-order valence-electron chi connectivity index (χ0n) is 19.7. The van der Waals surface area contributed by atoms with Gasteiger partial charge in [-0.05, 0) is 56.3 Å². The highest BCUT2D eigenvalue weighted by atomic mass is 32.1.